The molecule has 1 aromatic rings. The molecule has 7 heteroatoms. The van der Waals surface area contributed by atoms with Crippen molar-refractivity contribution in [3.05, 3.63) is 34.3 Å². The fraction of sp³-hybridized carbons (Fsp3) is 0.625. The van der Waals surface area contributed by atoms with Crippen LogP contribution in [0.4, 0.5) is 13.2 Å². The van der Waals surface area contributed by atoms with Crippen LogP contribution >= 0.6 is 24.0 Å². The Labute approximate surface area is 145 Å². The van der Waals surface area contributed by atoms with E-state index in [1.165, 1.54) is 18.9 Å². The summed E-state index contributed by atoms with van der Waals surface area (Å²) in [6.07, 6.45) is -1.05. The van der Waals surface area contributed by atoms with E-state index in [4.69, 9.17) is 11.6 Å². The van der Waals surface area contributed by atoms with Crippen LogP contribution < -0.4 is 5.32 Å². The Morgan fingerprint density at radius 3 is 2.39 bits per heavy atom. The Morgan fingerprint density at radius 1 is 1.17 bits per heavy atom. The normalized spacial score (nSPS) is 20.9. The molecule has 0 amide bonds. The highest BCUT2D eigenvalue weighted by Crippen LogP contribution is 2.42. The van der Waals surface area contributed by atoms with Crippen LogP contribution in [0.2, 0.25) is 5.02 Å². The Hall–Kier alpha value is -0.490. The fourth-order valence-electron chi connectivity index (χ4n) is 3.13. The van der Waals surface area contributed by atoms with Gasteiger partial charge in [0, 0.05) is 37.2 Å². The monoisotopic (exact) mass is 368 g/mol. The summed E-state index contributed by atoms with van der Waals surface area (Å²) in [5, 5.41) is 3.46. The number of hydrogen-bond donors (Lipinski definition) is 1. The SMILES string of the molecule is Cl.FC(F)(F)c1cc(Cl)cc([C@@H](CC2CC2)N2CCNCC2)c1. The van der Waals surface area contributed by atoms with Gasteiger partial charge in [0.25, 0.3) is 0 Å². The van der Waals surface area contributed by atoms with Crippen molar-refractivity contribution in [3.8, 4) is 0 Å². The molecular formula is C16H21Cl2F3N2. The molecule has 0 bridgehead atoms. The number of piperazine rings is 1. The second-order valence-electron chi connectivity index (χ2n) is 6.25. The van der Waals surface area contributed by atoms with Gasteiger partial charge in [-0.25, -0.2) is 0 Å². The standard InChI is InChI=1S/C16H20ClF3N2.ClH/c17-14-9-12(8-13(10-14)16(18,19)20)15(7-11-1-2-11)22-5-3-21-4-6-22;/h8-11,15,21H,1-7H2;1H/t15-;/m1./s1. The first-order valence-corrected chi connectivity index (χ1v) is 8.14. The lowest BCUT2D eigenvalue weighted by Crippen LogP contribution is -2.45. The summed E-state index contributed by atoms with van der Waals surface area (Å²) in [5.41, 5.74) is 0.0551. The number of benzene rings is 1. The third-order valence-electron chi connectivity index (χ3n) is 4.48. The van der Waals surface area contributed by atoms with Crippen LogP contribution in [0.1, 0.15) is 36.4 Å². The van der Waals surface area contributed by atoms with Crippen LogP contribution in [0.15, 0.2) is 18.2 Å². The maximum Gasteiger partial charge on any atom is 0.416 e. The molecule has 0 spiro atoms. The topological polar surface area (TPSA) is 15.3 Å². The third kappa shape index (κ3) is 4.99. The smallest absolute Gasteiger partial charge is 0.314 e. The molecule has 3 rings (SSSR count). The molecule has 1 saturated carbocycles. The highest BCUT2D eigenvalue weighted by molar-refractivity contribution is 6.30. The van der Waals surface area contributed by atoms with Gasteiger partial charge in [-0.3, -0.25) is 4.90 Å². The van der Waals surface area contributed by atoms with Gasteiger partial charge in [0.2, 0.25) is 0 Å². The van der Waals surface area contributed by atoms with Crippen molar-refractivity contribution in [1.82, 2.24) is 10.2 Å². The summed E-state index contributed by atoms with van der Waals surface area (Å²) in [6, 6.07) is 4.03. The predicted octanol–water partition coefficient (Wildman–Crippen LogP) is 4.53. The summed E-state index contributed by atoms with van der Waals surface area (Å²) in [4.78, 5) is 2.29. The number of nitrogens with one attached hydrogen (secondary N) is 1. The molecule has 2 aliphatic rings. The minimum atomic E-state index is -4.35. The summed E-state index contributed by atoms with van der Waals surface area (Å²) < 4.78 is 39.1. The van der Waals surface area contributed by atoms with E-state index in [-0.39, 0.29) is 23.5 Å². The number of alkyl halides is 3. The van der Waals surface area contributed by atoms with Crippen LogP contribution in [0, 0.1) is 5.92 Å². The molecule has 0 radical (unpaired) electrons. The lowest BCUT2D eigenvalue weighted by molar-refractivity contribution is -0.137. The van der Waals surface area contributed by atoms with Gasteiger partial charge in [0.15, 0.2) is 0 Å². The van der Waals surface area contributed by atoms with Crippen LogP contribution in [-0.4, -0.2) is 31.1 Å². The zero-order valence-electron chi connectivity index (χ0n) is 12.7. The third-order valence-corrected chi connectivity index (χ3v) is 4.70. The van der Waals surface area contributed by atoms with E-state index in [9.17, 15) is 13.2 Å². The van der Waals surface area contributed by atoms with Gasteiger partial charge in [0.1, 0.15) is 0 Å². The molecule has 1 saturated heterocycles. The van der Waals surface area contributed by atoms with Crippen molar-refractivity contribution < 1.29 is 13.2 Å². The van der Waals surface area contributed by atoms with Crippen molar-refractivity contribution in [3.63, 3.8) is 0 Å². The summed E-state index contributed by atoms with van der Waals surface area (Å²) >= 11 is 5.96. The molecule has 1 aromatic carbocycles. The highest BCUT2D eigenvalue weighted by atomic mass is 35.5. The van der Waals surface area contributed by atoms with E-state index >= 15 is 0 Å². The molecule has 2 nitrogen and oxygen atoms in total. The predicted molar refractivity (Wildman–Crippen MR) is 88.2 cm³/mol. The molecular weight excluding hydrogens is 348 g/mol. The van der Waals surface area contributed by atoms with Crippen molar-refractivity contribution in [2.75, 3.05) is 26.2 Å². The van der Waals surface area contributed by atoms with Gasteiger partial charge in [0.05, 0.1) is 5.56 Å². The second kappa shape index (κ2) is 7.60. The van der Waals surface area contributed by atoms with Crippen LogP contribution in [0.3, 0.4) is 0 Å². The van der Waals surface area contributed by atoms with Crippen LogP contribution in [0.25, 0.3) is 0 Å². The van der Waals surface area contributed by atoms with Crippen molar-refractivity contribution in [1.29, 1.82) is 0 Å². The first-order valence-electron chi connectivity index (χ1n) is 7.76. The number of rotatable bonds is 4. The van der Waals surface area contributed by atoms with Gasteiger partial charge < -0.3 is 5.32 Å². The zero-order valence-corrected chi connectivity index (χ0v) is 14.3. The zero-order chi connectivity index (χ0) is 15.7. The Bertz CT molecular complexity index is 527. The van der Waals surface area contributed by atoms with Gasteiger partial charge in [-0.2, -0.15) is 13.2 Å². The van der Waals surface area contributed by atoms with E-state index in [0.29, 0.717) is 11.5 Å². The fourth-order valence-corrected chi connectivity index (χ4v) is 3.37. The molecule has 1 aliphatic carbocycles. The first-order chi connectivity index (χ1) is 10.4. The quantitative estimate of drug-likeness (QED) is 0.839. The maximum absolute atomic E-state index is 13.0. The van der Waals surface area contributed by atoms with E-state index in [1.54, 1.807) is 6.07 Å². The van der Waals surface area contributed by atoms with Gasteiger partial charge in [-0.15, -0.1) is 12.4 Å². The maximum atomic E-state index is 13.0. The van der Waals surface area contributed by atoms with Gasteiger partial charge >= 0.3 is 6.18 Å². The lowest BCUT2D eigenvalue weighted by Gasteiger charge is -2.35. The van der Waals surface area contributed by atoms with Crippen molar-refractivity contribution in [2.24, 2.45) is 5.92 Å². The van der Waals surface area contributed by atoms with E-state index in [2.05, 4.69) is 10.2 Å². The van der Waals surface area contributed by atoms with Gasteiger partial charge in [-0.05, 0) is 36.1 Å². The Balaban J connectivity index is 0.00000192. The average Bonchev–Trinajstić information content (AvgIpc) is 3.28. The molecule has 0 unspecified atom stereocenters. The van der Waals surface area contributed by atoms with Crippen molar-refractivity contribution in [2.45, 2.75) is 31.5 Å². The van der Waals surface area contributed by atoms with E-state index in [0.717, 1.165) is 38.7 Å². The van der Waals surface area contributed by atoms with Gasteiger partial charge in [-0.1, -0.05) is 24.4 Å². The first kappa shape index (κ1) is 18.8. The number of nitrogens with zero attached hydrogens (tertiary/aromatic N) is 1. The van der Waals surface area contributed by atoms with E-state index in [1.807, 2.05) is 0 Å². The molecule has 2 fully saturated rings. The number of hydrogen-bond acceptors (Lipinski definition) is 2. The van der Waals surface area contributed by atoms with E-state index < -0.39 is 11.7 Å². The summed E-state index contributed by atoms with van der Waals surface area (Å²) in [7, 11) is 0. The van der Waals surface area contributed by atoms with Crippen LogP contribution in [-0.2, 0) is 6.18 Å². The minimum absolute atomic E-state index is 0. The second-order valence-corrected chi connectivity index (χ2v) is 6.69. The lowest BCUT2D eigenvalue weighted by atomic mass is 9.97. The molecule has 0 aromatic heterocycles. The minimum Gasteiger partial charge on any atom is -0.314 e. The highest BCUT2D eigenvalue weighted by Gasteiger charge is 2.34. The molecule has 23 heavy (non-hydrogen) atoms. The summed E-state index contributed by atoms with van der Waals surface area (Å²) in [6.45, 7) is 3.50. The Morgan fingerprint density at radius 2 is 1.83 bits per heavy atom. The number of halogens is 5. The van der Waals surface area contributed by atoms with Crippen molar-refractivity contribution >= 4 is 24.0 Å². The Kier molecular flexibility index (Phi) is 6.22. The summed E-state index contributed by atoms with van der Waals surface area (Å²) in [5.74, 6) is 0.646. The molecule has 1 aliphatic heterocycles. The molecule has 130 valence electrons. The average molecular weight is 369 g/mol. The van der Waals surface area contributed by atoms with Crippen LogP contribution in [0.5, 0.6) is 0 Å². The molecule has 1 atom stereocenters. The largest absolute Gasteiger partial charge is 0.416 e. The molecule has 1 N–H and O–H groups in total. The molecule has 1 heterocycles.